The van der Waals surface area contributed by atoms with Gasteiger partial charge in [-0.2, -0.15) is 0 Å². The van der Waals surface area contributed by atoms with Crippen molar-refractivity contribution in [2.24, 2.45) is 5.92 Å². The molecule has 0 unspecified atom stereocenters. The standard InChI is InChI=1S/C11H13NO3/c1-8(2)11(13)7-9-5-3-4-6-10(9)12(14)15/h3-6,8H,7H2,1-2H3. The molecule has 0 fully saturated rings. The SMILES string of the molecule is CC(C)C(=O)Cc1ccccc1[N+](=O)[O-]. The highest BCUT2D eigenvalue weighted by Crippen LogP contribution is 2.19. The number of hydrogen-bond acceptors (Lipinski definition) is 3. The third-order valence-electron chi connectivity index (χ3n) is 2.20. The molecule has 15 heavy (non-hydrogen) atoms. The van der Waals surface area contributed by atoms with Gasteiger partial charge in [-0.05, 0) is 0 Å². The largest absolute Gasteiger partial charge is 0.299 e. The highest BCUT2D eigenvalue weighted by molar-refractivity contribution is 5.83. The van der Waals surface area contributed by atoms with E-state index in [-0.39, 0.29) is 23.8 Å². The summed E-state index contributed by atoms with van der Waals surface area (Å²) in [7, 11) is 0. The molecule has 0 aliphatic heterocycles. The summed E-state index contributed by atoms with van der Waals surface area (Å²) in [6.45, 7) is 3.58. The van der Waals surface area contributed by atoms with Gasteiger partial charge in [0.05, 0.1) is 4.92 Å². The molecule has 0 atom stereocenters. The Morgan fingerprint density at radius 1 is 1.40 bits per heavy atom. The van der Waals surface area contributed by atoms with Gasteiger partial charge < -0.3 is 0 Å². The highest BCUT2D eigenvalue weighted by atomic mass is 16.6. The summed E-state index contributed by atoms with van der Waals surface area (Å²) < 4.78 is 0. The second kappa shape index (κ2) is 4.68. The fraction of sp³-hybridized carbons (Fsp3) is 0.364. The average Bonchev–Trinajstić information content (AvgIpc) is 2.18. The van der Waals surface area contributed by atoms with Crippen LogP contribution in [0.3, 0.4) is 0 Å². The van der Waals surface area contributed by atoms with Gasteiger partial charge in [0, 0.05) is 24.0 Å². The van der Waals surface area contributed by atoms with Crippen LogP contribution in [0.25, 0.3) is 0 Å². The molecular weight excluding hydrogens is 194 g/mol. The number of hydrogen-bond donors (Lipinski definition) is 0. The molecular formula is C11H13NO3. The number of nitrogens with zero attached hydrogens (tertiary/aromatic N) is 1. The number of carbonyl (C=O) groups excluding carboxylic acids is 1. The molecule has 1 rings (SSSR count). The van der Waals surface area contributed by atoms with Crippen molar-refractivity contribution in [2.75, 3.05) is 0 Å². The Hall–Kier alpha value is -1.71. The molecule has 4 heteroatoms. The molecule has 0 aromatic heterocycles. The number of rotatable bonds is 4. The molecule has 0 heterocycles. The van der Waals surface area contributed by atoms with Crippen LogP contribution in [-0.4, -0.2) is 10.7 Å². The Kier molecular flexibility index (Phi) is 3.55. The van der Waals surface area contributed by atoms with E-state index in [1.165, 1.54) is 6.07 Å². The fourth-order valence-electron chi connectivity index (χ4n) is 1.23. The Labute approximate surface area is 88.1 Å². The van der Waals surface area contributed by atoms with Crippen LogP contribution in [0.15, 0.2) is 24.3 Å². The number of carbonyl (C=O) groups is 1. The van der Waals surface area contributed by atoms with Crippen LogP contribution in [0.2, 0.25) is 0 Å². The lowest BCUT2D eigenvalue weighted by molar-refractivity contribution is -0.385. The molecule has 1 aromatic carbocycles. The summed E-state index contributed by atoms with van der Waals surface area (Å²) >= 11 is 0. The summed E-state index contributed by atoms with van der Waals surface area (Å²) in [6.07, 6.45) is 0.134. The predicted molar refractivity (Wildman–Crippen MR) is 56.6 cm³/mol. The number of para-hydroxylation sites is 1. The summed E-state index contributed by atoms with van der Waals surface area (Å²) in [5, 5.41) is 10.7. The Morgan fingerprint density at radius 3 is 2.53 bits per heavy atom. The lowest BCUT2D eigenvalue weighted by Crippen LogP contribution is -2.11. The maximum atomic E-state index is 11.5. The lowest BCUT2D eigenvalue weighted by Gasteiger charge is -2.04. The first-order valence-electron chi connectivity index (χ1n) is 4.77. The number of ketones is 1. The van der Waals surface area contributed by atoms with Crippen LogP contribution in [0, 0.1) is 16.0 Å². The van der Waals surface area contributed by atoms with E-state index in [9.17, 15) is 14.9 Å². The van der Waals surface area contributed by atoms with E-state index in [0.29, 0.717) is 5.56 Å². The van der Waals surface area contributed by atoms with E-state index in [0.717, 1.165) is 0 Å². The second-order valence-corrected chi connectivity index (χ2v) is 3.68. The number of benzene rings is 1. The summed E-state index contributed by atoms with van der Waals surface area (Å²) in [5.74, 6) is -0.0749. The van der Waals surface area contributed by atoms with Crippen molar-refractivity contribution in [3.8, 4) is 0 Å². The Bertz CT molecular complexity index is 385. The molecule has 0 N–H and O–H groups in total. The zero-order valence-corrected chi connectivity index (χ0v) is 8.77. The first kappa shape index (κ1) is 11.4. The third kappa shape index (κ3) is 2.87. The zero-order chi connectivity index (χ0) is 11.4. The van der Waals surface area contributed by atoms with Crippen molar-refractivity contribution in [3.63, 3.8) is 0 Å². The summed E-state index contributed by atoms with van der Waals surface area (Å²) in [6, 6.07) is 6.35. The molecule has 80 valence electrons. The van der Waals surface area contributed by atoms with Crippen LogP contribution >= 0.6 is 0 Å². The van der Waals surface area contributed by atoms with Gasteiger partial charge in [-0.1, -0.05) is 32.0 Å². The third-order valence-corrected chi connectivity index (χ3v) is 2.20. The predicted octanol–water partition coefficient (Wildman–Crippen LogP) is 2.36. The number of nitro groups is 1. The van der Waals surface area contributed by atoms with Crippen molar-refractivity contribution in [1.29, 1.82) is 0 Å². The minimum Gasteiger partial charge on any atom is -0.299 e. The maximum absolute atomic E-state index is 11.5. The van der Waals surface area contributed by atoms with E-state index >= 15 is 0 Å². The molecule has 0 saturated carbocycles. The average molecular weight is 207 g/mol. The molecule has 0 spiro atoms. The van der Waals surface area contributed by atoms with Gasteiger partial charge in [-0.3, -0.25) is 14.9 Å². The number of nitro benzene ring substituents is 1. The Morgan fingerprint density at radius 2 is 2.00 bits per heavy atom. The summed E-state index contributed by atoms with van der Waals surface area (Å²) in [5.41, 5.74) is 0.507. The van der Waals surface area contributed by atoms with Crippen LogP contribution < -0.4 is 0 Å². The highest BCUT2D eigenvalue weighted by Gasteiger charge is 2.16. The molecule has 1 aromatic rings. The molecule has 0 radical (unpaired) electrons. The van der Waals surface area contributed by atoms with Gasteiger partial charge in [0.15, 0.2) is 0 Å². The van der Waals surface area contributed by atoms with Crippen LogP contribution in [-0.2, 0) is 11.2 Å². The van der Waals surface area contributed by atoms with E-state index in [1.54, 1.807) is 32.0 Å². The molecule has 0 bridgehead atoms. The van der Waals surface area contributed by atoms with Crippen LogP contribution in [0.1, 0.15) is 19.4 Å². The monoisotopic (exact) mass is 207 g/mol. The van der Waals surface area contributed by atoms with Gasteiger partial charge in [-0.15, -0.1) is 0 Å². The van der Waals surface area contributed by atoms with Gasteiger partial charge in [0.25, 0.3) is 5.69 Å². The van der Waals surface area contributed by atoms with Gasteiger partial charge in [0.2, 0.25) is 0 Å². The maximum Gasteiger partial charge on any atom is 0.273 e. The van der Waals surface area contributed by atoms with Gasteiger partial charge in [0.1, 0.15) is 5.78 Å². The van der Waals surface area contributed by atoms with E-state index < -0.39 is 4.92 Å². The molecule has 0 aliphatic carbocycles. The minimum absolute atomic E-state index is 0.0179. The molecule has 4 nitrogen and oxygen atoms in total. The van der Waals surface area contributed by atoms with Gasteiger partial charge in [-0.25, -0.2) is 0 Å². The molecule has 0 aliphatic rings. The van der Waals surface area contributed by atoms with Crippen molar-refractivity contribution < 1.29 is 9.72 Å². The lowest BCUT2D eigenvalue weighted by atomic mass is 10.00. The normalized spacial score (nSPS) is 10.3. The molecule has 0 saturated heterocycles. The van der Waals surface area contributed by atoms with Crippen molar-refractivity contribution in [1.82, 2.24) is 0 Å². The first-order chi connectivity index (χ1) is 7.02. The van der Waals surface area contributed by atoms with Gasteiger partial charge >= 0.3 is 0 Å². The van der Waals surface area contributed by atoms with Crippen molar-refractivity contribution >= 4 is 11.5 Å². The topological polar surface area (TPSA) is 60.2 Å². The molecule has 0 amide bonds. The first-order valence-corrected chi connectivity index (χ1v) is 4.77. The second-order valence-electron chi connectivity index (χ2n) is 3.68. The summed E-state index contributed by atoms with van der Waals surface area (Å²) in [4.78, 5) is 21.7. The Balaban J connectivity index is 2.94. The van der Waals surface area contributed by atoms with Crippen molar-refractivity contribution in [3.05, 3.63) is 39.9 Å². The van der Waals surface area contributed by atoms with E-state index in [2.05, 4.69) is 0 Å². The van der Waals surface area contributed by atoms with E-state index in [4.69, 9.17) is 0 Å². The minimum atomic E-state index is -0.455. The van der Waals surface area contributed by atoms with Crippen LogP contribution in [0.4, 0.5) is 5.69 Å². The zero-order valence-electron chi connectivity index (χ0n) is 8.77. The quantitative estimate of drug-likeness (QED) is 0.562. The number of Topliss-reactive ketones (excluding diaryl/α,β-unsaturated/α-hetero) is 1. The van der Waals surface area contributed by atoms with Crippen LogP contribution in [0.5, 0.6) is 0 Å². The van der Waals surface area contributed by atoms with E-state index in [1.807, 2.05) is 0 Å². The fourth-order valence-corrected chi connectivity index (χ4v) is 1.23. The smallest absolute Gasteiger partial charge is 0.273 e. The van der Waals surface area contributed by atoms with Crippen molar-refractivity contribution in [2.45, 2.75) is 20.3 Å².